The van der Waals surface area contributed by atoms with Crippen LogP contribution in [0.5, 0.6) is 0 Å². The molecule has 0 radical (unpaired) electrons. The first-order valence-electron chi connectivity index (χ1n) is 3.51. The van der Waals surface area contributed by atoms with Crippen LogP contribution in [0, 0.1) is 0 Å². The fraction of sp³-hybridized carbons (Fsp3) is 1.00. The van der Waals surface area contributed by atoms with Gasteiger partial charge in [-0.1, -0.05) is 0 Å². The predicted molar refractivity (Wildman–Crippen MR) is 34.9 cm³/mol. The Balaban J connectivity index is 2.76. The highest BCUT2D eigenvalue weighted by atomic mass is 19.1. The maximum atomic E-state index is 12.7. The van der Waals surface area contributed by atoms with Gasteiger partial charge in [0.1, 0.15) is 30.5 Å². The number of rotatable bonds is 0. The summed E-state index contributed by atoms with van der Waals surface area (Å²) in [6.07, 6.45) is -11.1. The molecule has 0 aliphatic heterocycles. The molecule has 0 aromatic heterocycles. The molecule has 1 rings (SSSR count). The zero-order valence-electron chi connectivity index (χ0n) is 6.08. The molecule has 0 spiro atoms. The number of hydrogen-bond donors (Lipinski definition) is 5. The lowest BCUT2D eigenvalue weighted by Gasteiger charge is -2.38. The van der Waals surface area contributed by atoms with Crippen LogP contribution in [0.2, 0.25) is 0 Å². The molecule has 12 heavy (non-hydrogen) atoms. The SMILES string of the molecule is OC1[C@@H](O)[C@H](O)C(F)[C@@H](O)[C@H]1O. The molecule has 6 atom stereocenters. The van der Waals surface area contributed by atoms with Gasteiger partial charge in [-0.25, -0.2) is 4.39 Å². The first kappa shape index (κ1) is 9.82. The van der Waals surface area contributed by atoms with E-state index < -0.39 is 36.7 Å². The molecule has 0 aromatic rings. The van der Waals surface area contributed by atoms with Crippen LogP contribution in [0.4, 0.5) is 4.39 Å². The third-order valence-electron chi connectivity index (χ3n) is 2.05. The fourth-order valence-electron chi connectivity index (χ4n) is 1.18. The van der Waals surface area contributed by atoms with Crippen molar-refractivity contribution in [3.8, 4) is 0 Å². The molecule has 0 heterocycles. The Morgan fingerprint density at radius 1 is 0.583 bits per heavy atom. The molecule has 6 heteroatoms. The molecule has 0 saturated heterocycles. The van der Waals surface area contributed by atoms with Crippen molar-refractivity contribution < 1.29 is 29.9 Å². The number of hydrogen-bond acceptors (Lipinski definition) is 5. The average Bonchev–Trinajstić information content (AvgIpc) is 2.08. The Morgan fingerprint density at radius 2 is 0.833 bits per heavy atom. The van der Waals surface area contributed by atoms with Gasteiger partial charge in [-0.05, 0) is 0 Å². The quantitative estimate of drug-likeness (QED) is 0.277. The van der Waals surface area contributed by atoms with Crippen molar-refractivity contribution in [2.24, 2.45) is 0 Å². The molecule has 1 fully saturated rings. The lowest BCUT2D eigenvalue weighted by atomic mass is 9.86. The van der Waals surface area contributed by atoms with Gasteiger partial charge in [0.2, 0.25) is 0 Å². The molecule has 5 N–H and O–H groups in total. The summed E-state index contributed by atoms with van der Waals surface area (Å²) in [6, 6.07) is 0. The van der Waals surface area contributed by atoms with Gasteiger partial charge in [0.05, 0.1) is 0 Å². The third-order valence-corrected chi connectivity index (χ3v) is 2.05. The van der Waals surface area contributed by atoms with Crippen molar-refractivity contribution in [1.29, 1.82) is 0 Å². The maximum Gasteiger partial charge on any atom is 0.157 e. The van der Waals surface area contributed by atoms with Gasteiger partial charge in [0.25, 0.3) is 0 Å². The van der Waals surface area contributed by atoms with Crippen LogP contribution in [0.15, 0.2) is 0 Å². The Kier molecular flexibility index (Phi) is 2.64. The van der Waals surface area contributed by atoms with E-state index in [1.54, 1.807) is 0 Å². The number of alkyl halides is 1. The zero-order valence-corrected chi connectivity index (χ0v) is 6.08. The first-order chi connectivity index (χ1) is 5.46. The van der Waals surface area contributed by atoms with Gasteiger partial charge in [-0.2, -0.15) is 0 Å². The van der Waals surface area contributed by atoms with E-state index in [0.29, 0.717) is 0 Å². The molecule has 2 unspecified atom stereocenters. The van der Waals surface area contributed by atoms with Crippen molar-refractivity contribution in [1.82, 2.24) is 0 Å². The summed E-state index contributed by atoms with van der Waals surface area (Å²) in [5.41, 5.74) is 0. The largest absolute Gasteiger partial charge is 0.387 e. The molecular weight excluding hydrogens is 171 g/mol. The average molecular weight is 182 g/mol. The Morgan fingerprint density at radius 3 is 1.17 bits per heavy atom. The molecule has 72 valence electrons. The van der Waals surface area contributed by atoms with Crippen LogP contribution in [0.3, 0.4) is 0 Å². The van der Waals surface area contributed by atoms with E-state index in [4.69, 9.17) is 25.5 Å². The Hall–Kier alpha value is -0.270. The maximum absolute atomic E-state index is 12.7. The van der Waals surface area contributed by atoms with Gasteiger partial charge in [0, 0.05) is 0 Å². The van der Waals surface area contributed by atoms with Crippen LogP contribution >= 0.6 is 0 Å². The second-order valence-electron chi connectivity index (χ2n) is 2.90. The van der Waals surface area contributed by atoms with Crippen molar-refractivity contribution in [2.45, 2.75) is 36.7 Å². The van der Waals surface area contributed by atoms with Gasteiger partial charge in [-0.3, -0.25) is 0 Å². The minimum atomic E-state index is -2.14. The van der Waals surface area contributed by atoms with E-state index in [1.165, 1.54) is 0 Å². The normalized spacial score (nSPS) is 55.5. The van der Waals surface area contributed by atoms with Crippen molar-refractivity contribution in [3.05, 3.63) is 0 Å². The summed E-state index contributed by atoms with van der Waals surface area (Å²) in [5, 5.41) is 44.4. The highest BCUT2D eigenvalue weighted by molar-refractivity contribution is 4.98. The van der Waals surface area contributed by atoms with Crippen LogP contribution in [0.25, 0.3) is 0 Å². The van der Waals surface area contributed by atoms with Crippen molar-refractivity contribution in [3.63, 3.8) is 0 Å². The summed E-state index contributed by atoms with van der Waals surface area (Å²) in [4.78, 5) is 0. The van der Waals surface area contributed by atoms with E-state index in [-0.39, 0.29) is 0 Å². The molecule has 1 saturated carbocycles. The van der Waals surface area contributed by atoms with E-state index in [0.717, 1.165) is 0 Å². The standard InChI is InChI=1S/C6H11FO5/c7-1-2(8)4(10)6(12)5(11)3(1)9/h1-6,8-12H/t1?,2-,3-,4-,5+,6?/m1/s1. The van der Waals surface area contributed by atoms with Gasteiger partial charge >= 0.3 is 0 Å². The lowest BCUT2D eigenvalue weighted by Crippen LogP contribution is -2.62. The molecule has 1 aliphatic rings. The molecule has 5 nitrogen and oxygen atoms in total. The molecular formula is C6H11FO5. The number of halogens is 1. The highest BCUT2D eigenvalue weighted by Crippen LogP contribution is 2.23. The lowest BCUT2D eigenvalue weighted by molar-refractivity contribution is -0.206. The fourth-order valence-corrected chi connectivity index (χ4v) is 1.18. The second kappa shape index (κ2) is 3.23. The van der Waals surface area contributed by atoms with Gasteiger partial charge < -0.3 is 25.5 Å². The van der Waals surface area contributed by atoms with Crippen molar-refractivity contribution in [2.75, 3.05) is 0 Å². The van der Waals surface area contributed by atoms with Gasteiger partial charge in [0.15, 0.2) is 6.17 Å². The van der Waals surface area contributed by atoms with Crippen LogP contribution in [-0.4, -0.2) is 62.2 Å². The van der Waals surface area contributed by atoms with Crippen LogP contribution in [-0.2, 0) is 0 Å². The predicted octanol–water partition coefficient (Wildman–Crippen LogP) is -2.86. The summed E-state index contributed by atoms with van der Waals surface area (Å²) in [6.45, 7) is 0. The molecule has 1 aliphatic carbocycles. The second-order valence-corrected chi connectivity index (χ2v) is 2.90. The van der Waals surface area contributed by atoms with E-state index in [1.807, 2.05) is 0 Å². The van der Waals surface area contributed by atoms with Crippen molar-refractivity contribution >= 4 is 0 Å². The number of aliphatic hydroxyl groups excluding tert-OH is 5. The van der Waals surface area contributed by atoms with Crippen LogP contribution < -0.4 is 0 Å². The summed E-state index contributed by atoms with van der Waals surface area (Å²) < 4.78 is 12.7. The third kappa shape index (κ3) is 1.32. The zero-order chi connectivity index (χ0) is 9.46. The van der Waals surface area contributed by atoms with Gasteiger partial charge in [-0.15, -0.1) is 0 Å². The summed E-state index contributed by atoms with van der Waals surface area (Å²) >= 11 is 0. The molecule has 0 aromatic carbocycles. The smallest absolute Gasteiger partial charge is 0.157 e. The minimum Gasteiger partial charge on any atom is -0.387 e. The molecule has 0 bridgehead atoms. The molecule has 0 amide bonds. The highest BCUT2D eigenvalue weighted by Gasteiger charge is 2.48. The topological polar surface area (TPSA) is 101 Å². The first-order valence-corrected chi connectivity index (χ1v) is 3.51. The number of aliphatic hydroxyl groups is 5. The van der Waals surface area contributed by atoms with E-state index in [2.05, 4.69) is 0 Å². The van der Waals surface area contributed by atoms with E-state index in [9.17, 15) is 4.39 Å². The minimum absolute atomic E-state index is 1.72. The Labute approximate surface area is 67.7 Å². The Bertz CT molecular complexity index is 107. The summed E-state index contributed by atoms with van der Waals surface area (Å²) in [7, 11) is 0. The summed E-state index contributed by atoms with van der Waals surface area (Å²) in [5.74, 6) is 0. The van der Waals surface area contributed by atoms with Crippen LogP contribution in [0.1, 0.15) is 0 Å². The van der Waals surface area contributed by atoms with E-state index >= 15 is 0 Å². The monoisotopic (exact) mass is 182 g/mol.